The second-order valence-corrected chi connectivity index (χ2v) is 4.94. The van der Waals surface area contributed by atoms with Gasteiger partial charge in [-0.2, -0.15) is 5.26 Å². The van der Waals surface area contributed by atoms with Crippen LogP contribution in [0.2, 0.25) is 0 Å². The molecule has 0 saturated heterocycles. The molecule has 4 heteroatoms. The van der Waals surface area contributed by atoms with Crippen LogP contribution in [0.4, 0.5) is 4.39 Å². The number of halogens is 1. The minimum atomic E-state index is -0.337. The Morgan fingerprint density at radius 2 is 1.86 bits per heavy atom. The minimum Gasteiger partial charge on any atom is -0.497 e. The van der Waals surface area contributed by atoms with Gasteiger partial charge in [0.05, 0.1) is 18.7 Å². The first-order valence-electron chi connectivity index (χ1n) is 6.62. The molecule has 0 aliphatic carbocycles. The lowest BCUT2D eigenvalue weighted by Crippen LogP contribution is -2.18. The molecular formula is C17H17FN2O. The average molecular weight is 284 g/mol. The number of nitrogens with zero attached hydrogens (tertiary/aromatic N) is 2. The molecule has 2 aromatic carbocycles. The number of nitriles is 1. The molecule has 0 spiro atoms. The van der Waals surface area contributed by atoms with Gasteiger partial charge in [0.1, 0.15) is 11.6 Å². The van der Waals surface area contributed by atoms with Gasteiger partial charge in [-0.1, -0.05) is 18.2 Å². The third-order valence-electron chi connectivity index (χ3n) is 3.23. The Morgan fingerprint density at radius 1 is 1.14 bits per heavy atom. The molecule has 0 aliphatic rings. The second-order valence-electron chi connectivity index (χ2n) is 4.94. The molecule has 3 nitrogen and oxygen atoms in total. The molecule has 0 heterocycles. The molecule has 0 fully saturated rings. The summed E-state index contributed by atoms with van der Waals surface area (Å²) < 4.78 is 19.0. The predicted molar refractivity (Wildman–Crippen MR) is 79.3 cm³/mol. The van der Waals surface area contributed by atoms with E-state index in [2.05, 4.69) is 0 Å². The van der Waals surface area contributed by atoms with Crippen LogP contribution in [0.15, 0.2) is 42.5 Å². The van der Waals surface area contributed by atoms with Crippen molar-refractivity contribution in [3.8, 4) is 11.8 Å². The van der Waals surface area contributed by atoms with Gasteiger partial charge in [0, 0.05) is 18.7 Å². The van der Waals surface area contributed by atoms with Crippen molar-refractivity contribution >= 4 is 0 Å². The molecule has 108 valence electrons. The molecule has 0 aromatic heterocycles. The molecule has 0 unspecified atom stereocenters. The Labute approximate surface area is 124 Å². The largest absolute Gasteiger partial charge is 0.497 e. The summed E-state index contributed by atoms with van der Waals surface area (Å²) in [5.74, 6) is 0.482. The van der Waals surface area contributed by atoms with E-state index < -0.39 is 0 Å². The van der Waals surface area contributed by atoms with E-state index in [0.29, 0.717) is 24.2 Å². The molecule has 2 aromatic rings. The van der Waals surface area contributed by atoms with Gasteiger partial charge in [-0.15, -0.1) is 0 Å². The first-order chi connectivity index (χ1) is 10.1. The Balaban J connectivity index is 2.01. The Bertz CT molecular complexity index is 647. The molecule has 0 atom stereocenters. The molecule has 0 saturated carbocycles. The molecule has 0 N–H and O–H groups in total. The van der Waals surface area contributed by atoms with E-state index in [0.717, 1.165) is 11.3 Å². The summed E-state index contributed by atoms with van der Waals surface area (Å²) in [4.78, 5) is 2.02. The highest BCUT2D eigenvalue weighted by atomic mass is 19.1. The summed E-state index contributed by atoms with van der Waals surface area (Å²) >= 11 is 0. The van der Waals surface area contributed by atoms with Crippen LogP contribution in [0.25, 0.3) is 0 Å². The van der Waals surface area contributed by atoms with Crippen LogP contribution in [0.5, 0.6) is 5.75 Å². The van der Waals surface area contributed by atoms with E-state index >= 15 is 0 Å². The number of rotatable bonds is 5. The van der Waals surface area contributed by atoms with Crippen LogP contribution >= 0.6 is 0 Å². The zero-order valence-corrected chi connectivity index (χ0v) is 12.1. The Morgan fingerprint density at radius 3 is 2.43 bits per heavy atom. The normalized spacial score (nSPS) is 10.4. The number of methoxy groups -OCH3 is 1. The maximum absolute atomic E-state index is 13.8. The van der Waals surface area contributed by atoms with Crippen molar-refractivity contribution in [2.24, 2.45) is 0 Å². The molecule has 0 amide bonds. The predicted octanol–water partition coefficient (Wildman–Crippen LogP) is 3.34. The summed E-state index contributed by atoms with van der Waals surface area (Å²) in [6.07, 6.45) is 0. The number of hydrogen-bond acceptors (Lipinski definition) is 3. The molecule has 0 bridgehead atoms. The first kappa shape index (κ1) is 15.0. The monoisotopic (exact) mass is 284 g/mol. The van der Waals surface area contributed by atoms with E-state index in [1.54, 1.807) is 19.2 Å². The zero-order valence-electron chi connectivity index (χ0n) is 12.1. The minimum absolute atomic E-state index is 0.337. The third kappa shape index (κ3) is 4.04. The van der Waals surface area contributed by atoms with Crippen LogP contribution in [0.3, 0.4) is 0 Å². The Kier molecular flexibility index (Phi) is 4.91. The van der Waals surface area contributed by atoms with Crippen LogP contribution in [-0.2, 0) is 13.1 Å². The maximum atomic E-state index is 13.8. The van der Waals surface area contributed by atoms with Gasteiger partial charge in [-0.3, -0.25) is 4.90 Å². The van der Waals surface area contributed by atoms with Gasteiger partial charge >= 0.3 is 0 Å². The van der Waals surface area contributed by atoms with Crippen molar-refractivity contribution in [3.05, 3.63) is 65.0 Å². The van der Waals surface area contributed by atoms with Gasteiger partial charge < -0.3 is 4.74 Å². The van der Waals surface area contributed by atoms with Crippen molar-refractivity contribution in [3.63, 3.8) is 0 Å². The van der Waals surface area contributed by atoms with Crippen molar-refractivity contribution < 1.29 is 9.13 Å². The fourth-order valence-corrected chi connectivity index (χ4v) is 2.13. The number of benzene rings is 2. The van der Waals surface area contributed by atoms with Gasteiger partial charge in [0.15, 0.2) is 0 Å². The fourth-order valence-electron chi connectivity index (χ4n) is 2.13. The maximum Gasteiger partial charge on any atom is 0.129 e. The fraction of sp³-hybridized carbons (Fsp3) is 0.235. The van der Waals surface area contributed by atoms with Crippen molar-refractivity contribution in [1.29, 1.82) is 5.26 Å². The number of ether oxygens (including phenoxy) is 1. The lowest BCUT2D eigenvalue weighted by molar-refractivity contribution is 0.313. The van der Waals surface area contributed by atoms with Crippen LogP contribution in [0.1, 0.15) is 16.7 Å². The Hall–Kier alpha value is -2.38. The highest BCUT2D eigenvalue weighted by Crippen LogP contribution is 2.15. The summed E-state index contributed by atoms with van der Waals surface area (Å²) in [6, 6.07) is 14.3. The molecule has 0 radical (unpaired) electrons. The molecule has 21 heavy (non-hydrogen) atoms. The van der Waals surface area contributed by atoms with Gasteiger partial charge in [0.2, 0.25) is 0 Å². The van der Waals surface area contributed by atoms with Gasteiger partial charge in [0.25, 0.3) is 0 Å². The molecule has 2 rings (SSSR count). The molecular weight excluding hydrogens is 267 g/mol. The quantitative estimate of drug-likeness (QED) is 0.845. The third-order valence-corrected chi connectivity index (χ3v) is 3.23. The van der Waals surface area contributed by atoms with Crippen LogP contribution < -0.4 is 4.74 Å². The second kappa shape index (κ2) is 6.87. The van der Waals surface area contributed by atoms with E-state index in [9.17, 15) is 4.39 Å². The van der Waals surface area contributed by atoms with Crippen LogP contribution in [-0.4, -0.2) is 19.1 Å². The number of hydrogen-bond donors (Lipinski definition) is 0. The van der Waals surface area contributed by atoms with E-state index in [-0.39, 0.29) is 5.82 Å². The van der Waals surface area contributed by atoms with Gasteiger partial charge in [-0.05, 0) is 36.9 Å². The van der Waals surface area contributed by atoms with E-state index in [1.807, 2.05) is 42.3 Å². The van der Waals surface area contributed by atoms with Crippen LogP contribution in [0, 0.1) is 17.1 Å². The first-order valence-corrected chi connectivity index (χ1v) is 6.62. The summed E-state index contributed by atoms with van der Waals surface area (Å²) in [6.45, 7) is 1.20. The smallest absolute Gasteiger partial charge is 0.129 e. The zero-order chi connectivity index (χ0) is 15.2. The lowest BCUT2D eigenvalue weighted by atomic mass is 10.1. The van der Waals surface area contributed by atoms with E-state index in [4.69, 9.17) is 10.00 Å². The topological polar surface area (TPSA) is 36.3 Å². The van der Waals surface area contributed by atoms with Crippen molar-refractivity contribution in [2.75, 3.05) is 14.2 Å². The SMILES string of the molecule is COc1ccc(CN(C)Cc2ccc(C#N)cc2F)cc1. The summed E-state index contributed by atoms with van der Waals surface area (Å²) in [5, 5.41) is 8.74. The summed E-state index contributed by atoms with van der Waals surface area (Å²) in [7, 11) is 3.57. The highest BCUT2D eigenvalue weighted by molar-refractivity contribution is 5.33. The standard InChI is InChI=1S/C17H17FN2O/c1-20(11-13-4-7-16(21-2)8-5-13)12-15-6-3-14(10-19)9-17(15)18/h3-9H,11-12H2,1-2H3. The van der Waals surface area contributed by atoms with Crippen molar-refractivity contribution in [2.45, 2.75) is 13.1 Å². The lowest BCUT2D eigenvalue weighted by Gasteiger charge is -2.17. The molecule has 0 aliphatic heterocycles. The van der Waals surface area contributed by atoms with E-state index in [1.165, 1.54) is 6.07 Å². The highest BCUT2D eigenvalue weighted by Gasteiger charge is 2.07. The van der Waals surface area contributed by atoms with Crippen molar-refractivity contribution in [1.82, 2.24) is 4.90 Å². The van der Waals surface area contributed by atoms with Gasteiger partial charge in [-0.25, -0.2) is 4.39 Å². The average Bonchev–Trinajstić information content (AvgIpc) is 2.50. The summed E-state index contributed by atoms with van der Waals surface area (Å²) in [5.41, 5.74) is 2.06.